The Morgan fingerprint density at radius 1 is 0.725 bits per heavy atom. The molecule has 228 valence electrons. The second-order valence-electron chi connectivity index (χ2n) is 7.42. The molecule has 1 atom stereocenters. The lowest BCUT2D eigenvalue weighted by atomic mass is 10.1. The van der Waals surface area contributed by atoms with E-state index in [1.165, 1.54) is 0 Å². The highest BCUT2D eigenvalue weighted by Gasteiger charge is 2.67. The van der Waals surface area contributed by atoms with Crippen LogP contribution in [0.2, 0.25) is 0 Å². The highest BCUT2D eigenvalue weighted by Crippen LogP contribution is 2.40. The van der Waals surface area contributed by atoms with Gasteiger partial charge in [0.25, 0.3) is 0 Å². The number of amides is 1. The summed E-state index contributed by atoms with van der Waals surface area (Å²) in [6, 6.07) is 1.56. The lowest BCUT2D eigenvalue weighted by Crippen LogP contribution is -2.53. The van der Waals surface area contributed by atoms with Gasteiger partial charge >= 0.3 is 54.1 Å². The molecule has 1 amide bonds. The van der Waals surface area contributed by atoms with Crippen LogP contribution in [0.15, 0.2) is 24.3 Å². The molecule has 21 heteroatoms. The predicted octanol–water partition coefficient (Wildman–Crippen LogP) is 5.62. The van der Waals surface area contributed by atoms with Crippen molar-refractivity contribution < 1.29 is 89.7 Å². The molecule has 6 nitrogen and oxygen atoms in total. The van der Waals surface area contributed by atoms with Crippen LogP contribution in [0.5, 0.6) is 5.75 Å². The molecule has 0 aromatic heterocycles. The zero-order valence-corrected chi connectivity index (χ0v) is 19.0. The Labute approximate surface area is 211 Å². The van der Waals surface area contributed by atoms with Gasteiger partial charge in [-0.2, -0.15) is 65.9 Å². The van der Waals surface area contributed by atoms with Crippen LogP contribution in [-0.4, -0.2) is 72.1 Å². The molecule has 0 spiro atoms. The number of alkyl halides is 15. The minimum Gasteiger partial charge on any atom is -0.451 e. The third-order valence-corrected chi connectivity index (χ3v) is 4.59. The molecule has 1 aromatic rings. The van der Waals surface area contributed by atoms with Crippen molar-refractivity contribution in [1.29, 1.82) is 0 Å². The quantitative estimate of drug-likeness (QED) is 0.204. The number of carbonyl (C=O) groups is 3. The Morgan fingerprint density at radius 3 is 1.60 bits per heavy atom. The van der Waals surface area contributed by atoms with E-state index >= 15 is 0 Å². The molecule has 0 fully saturated rings. The molecule has 0 aliphatic heterocycles. The van der Waals surface area contributed by atoms with Crippen LogP contribution in [0.25, 0.3) is 0 Å². The van der Waals surface area contributed by atoms with Crippen LogP contribution in [0.4, 0.5) is 65.9 Å². The molecular formula is C19H12F15NO5. The first kappa shape index (κ1) is 34.6. The molecule has 0 N–H and O–H groups in total. The van der Waals surface area contributed by atoms with Crippen molar-refractivity contribution in [2.75, 3.05) is 13.1 Å². The first-order valence-corrected chi connectivity index (χ1v) is 9.88. The Hall–Kier alpha value is -3.42. The van der Waals surface area contributed by atoms with Crippen molar-refractivity contribution in [2.45, 2.75) is 49.3 Å². The van der Waals surface area contributed by atoms with Crippen LogP contribution in [-0.2, 0) is 19.1 Å². The average Bonchev–Trinajstić information content (AvgIpc) is 2.78. The summed E-state index contributed by atoms with van der Waals surface area (Å²) in [5, 5.41) is 0. The van der Waals surface area contributed by atoms with Gasteiger partial charge in [0.1, 0.15) is 11.9 Å². The summed E-state index contributed by atoms with van der Waals surface area (Å²) < 4.78 is 200. The zero-order chi connectivity index (χ0) is 31.7. The first-order chi connectivity index (χ1) is 17.7. The highest BCUT2D eigenvalue weighted by atomic mass is 19.4. The molecular weight excluding hydrogens is 607 g/mol. The lowest BCUT2D eigenvalue weighted by Gasteiger charge is -2.31. The Kier molecular flexibility index (Phi) is 9.71. The Bertz CT molecular complexity index is 1090. The van der Waals surface area contributed by atoms with Crippen LogP contribution in [0.1, 0.15) is 18.6 Å². The molecule has 1 aromatic carbocycles. The van der Waals surface area contributed by atoms with Crippen LogP contribution >= 0.6 is 0 Å². The number of likely N-dealkylation sites (N-methyl/N-ethyl adjacent to an activating group) is 1. The van der Waals surface area contributed by atoms with E-state index in [0.29, 0.717) is 25.1 Å². The molecule has 0 aliphatic carbocycles. The van der Waals surface area contributed by atoms with Crippen molar-refractivity contribution in [3.05, 3.63) is 29.8 Å². The van der Waals surface area contributed by atoms with Gasteiger partial charge in [-0.15, -0.1) is 0 Å². The third kappa shape index (κ3) is 7.20. The van der Waals surface area contributed by atoms with Gasteiger partial charge in [-0.25, -0.2) is 9.59 Å². The summed E-state index contributed by atoms with van der Waals surface area (Å²) >= 11 is 0. The summed E-state index contributed by atoms with van der Waals surface area (Å²) in [6.45, 7) is -2.26. The van der Waals surface area contributed by atoms with Gasteiger partial charge in [0.15, 0.2) is 0 Å². The summed E-state index contributed by atoms with van der Waals surface area (Å²) in [4.78, 5) is 34.1. The number of ether oxygens (including phenoxy) is 2. The van der Waals surface area contributed by atoms with Gasteiger partial charge in [0.2, 0.25) is 0 Å². The molecule has 40 heavy (non-hydrogen) atoms. The van der Waals surface area contributed by atoms with Crippen molar-refractivity contribution in [3.63, 3.8) is 0 Å². The number of esters is 2. The molecule has 0 aliphatic rings. The smallest absolute Gasteiger partial charge is 0.451 e. The molecule has 1 rings (SSSR count). The SMILES string of the molecule is CCN(CC(OC(=O)C(F)(F)C(F)(F)F)c1cccc(OC(=O)C(F)(F)C(F)(F)F)c1)C(=O)C(F)(F)C(F)(F)F. The molecule has 0 bridgehead atoms. The summed E-state index contributed by atoms with van der Waals surface area (Å²) in [5.41, 5.74) is -1.09. The van der Waals surface area contributed by atoms with Gasteiger partial charge in [0, 0.05) is 6.54 Å². The fourth-order valence-electron chi connectivity index (χ4n) is 2.47. The minimum atomic E-state index is -6.64. The van der Waals surface area contributed by atoms with E-state index in [4.69, 9.17) is 0 Å². The highest BCUT2D eigenvalue weighted by molar-refractivity contribution is 5.84. The number of benzene rings is 1. The predicted molar refractivity (Wildman–Crippen MR) is 96.2 cm³/mol. The third-order valence-electron chi connectivity index (χ3n) is 4.59. The second kappa shape index (κ2) is 11.2. The van der Waals surface area contributed by atoms with Gasteiger partial charge in [-0.3, -0.25) is 4.79 Å². The maximum atomic E-state index is 13.5. The van der Waals surface area contributed by atoms with Crippen molar-refractivity contribution in [3.8, 4) is 5.75 Å². The van der Waals surface area contributed by atoms with E-state index in [0.717, 1.165) is 0 Å². The molecule has 0 radical (unpaired) electrons. The van der Waals surface area contributed by atoms with Crippen LogP contribution in [0.3, 0.4) is 0 Å². The largest absolute Gasteiger partial charge is 0.465 e. The lowest BCUT2D eigenvalue weighted by molar-refractivity contribution is -0.283. The fraction of sp³-hybridized carbons (Fsp3) is 0.526. The van der Waals surface area contributed by atoms with Crippen LogP contribution < -0.4 is 4.74 Å². The van der Waals surface area contributed by atoms with E-state index in [9.17, 15) is 80.2 Å². The number of hydrogen-bond acceptors (Lipinski definition) is 5. The van der Waals surface area contributed by atoms with E-state index in [1.54, 1.807) is 0 Å². The number of nitrogens with zero attached hydrogens (tertiary/aromatic N) is 1. The number of carbonyl (C=O) groups excluding carboxylic acids is 3. The number of hydrogen-bond donors (Lipinski definition) is 0. The molecule has 0 saturated heterocycles. The Balaban J connectivity index is 3.54. The first-order valence-electron chi connectivity index (χ1n) is 9.88. The van der Waals surface area contributed by atoms with Gasteiger partial charge in [-0.1, -0.05) is 12.1 Å². The van der Waals surface area contributed by atoms with Gasteiger partial charge in [-0.05, 0) is 24.6 Å². The van der Waals surface area contributed by atoms with Crippen molar-refractivity contribution in [1.82, 2.24) is 4.90 Å². The van der Waals surface area contributed by atoms with Gasteiger partial charge < -0.3 is 14.4 Å². The maximum absolute atomic E-state index is 13.5. The molecule has 1 unspecified atom stereocenters. The maximum Gasteiger partial charge on any atom is 0.465 e. The molecule has 0 saturated carbocycles. The summed E-state index contributed by atoms with van der Waals surface area (Å²) in [6.07, 6.45) is -22.5. The van der Waals surface area contributed by atoms with Gasteiger partial charge in [0.05, 0.1) is 6.54 Å². The zero-order valence-electron chi connectivity index (χ0n) is 19.0. The van der Waals surface area contributed by atoms with E-state index in [2.05, 4.69) is 9.47 Å². The number of halogens is 15. The van der Waals surface area contributed by atoms with Crippen molar-refractivity contribution >= 4 is 17.8 Å². The van der Waals surface area contributed by atoms with E-state index in [1.807, 2.05) is 0 Å². The monoisotopic (exact) mass is 619 g/mol. The summed E-state index contributed by atoms with van der Waals surface area (Å²) in [5.74, 6) is -29.8. The minimum absolute atomic E-state index is 0.105. The summed E-state index contributed by atoms with van der Waals surface area (Å²) in [7, 11) is 0. The average molecular weight is 619 g/mol. The Morgan fingerprint density at radius 2 is 1.18 bits per heavy atom. The second-order valence-corrected chi connectivity index (χ2v) is 7.42. The van der Waals surface area contributed by atoms with E-state index < -0.39 is 89.5 Å². The van der Waals surface area contributed by atoms with E-state index in [-0.39, 0.29) is 6.07 Å². The standard InChI is InChI=1S/C19H12F15NO5/c1-2-35(11(36)14(20,21)17(26,27)28)7-10(40-13(38)16(24,25)19(32,33)34)8-4-3-5-9(6-8)39-12(37)15(22,23)18(29,30)31/h3-6,10H,2,7H2,1H3. The normalized spacial score (nSPS) is 14.4. The number of rotatable bonds is 9. The van der Waals surface area contributed by atoms with Crippen molar-refractivity contribution in [2.24, 2.45) is 0 Å². The fourth-order valence-corrected chi connectivity index (χ4v) is 2.47. The molecule has 0 heterocycles. The topological polar surface area (TPSA) is 72.9 Å². The van der Waals surface area contributed by atoms with Crippen LogP contribution in [0, 0.1) is 0 Å².